The predicted molar refractivity (Wildman–Crippen MR) is 49.1 cm³/mol. The molecule has 2 rings (SSSR count). The second-order valence-electron chi connectivity index (χ2n) is 2.64. The maximum absolute atomic E-state index is 12.9. The first-order valence-corrected chi connectivity index (χ1v) is 4.13. The highest BCUT2D eigenvalue weighted by Gasteiger charge is 2.03. The smallest absolute Gasteiger partial charge is 0.134 e. The van der Waals surface area contributed by atoms with Crippen LogP contribution in [0.1, 0.15) is 0 Å². The summed E-state index contributed by atoms with van der Waals surface area (Å²) in [5.74, 6) is 0.250. The summed E-state index contributed by atoms with van der Waals surface area (Å²) in [4.78, 5) is 0. The third kappa shape index (κ3) is 1.73. The number of benzene rings is 1. The number of furan rings is 1. The van der Waals surface area contributed by atoms with Crippen molar-refractivity contribution in [3.05, 3.63) is 47.4 Å². The summed E-state index contributed by atoms with van der Waals surface area (Å²) in [6.07, 6.45) is 1.54. The Balaban J connectivity index is 2.53. The van der Waals surface area contributed by atoms with E-state index in [1.165, 1.54) is 18.4 Å². The van der Waals surface area contributed by atoms with E-state index in [1.807, 2.05) is 0 Å². The van der Waals surface area contributed by atoms with Crippen LogP contribution < -0.4 is 0 Å². The quantitative estimate of drug-likeness (QED) is 0.677. The van der Waals surface area contributed by atoms with Crippen LogP contribution in [0.25, 0.3) is 11.3 Å². The Morgan fingerprint density at radius 1 is 1.23 bits per heavy atom. The minimum absolute atomic E-state index is 0.362. The topological polar surface area (TPSA) is 13.1 Å². The molecule has 0 saturated heterocycles. The van der Waals surface area contributed by atoms with Gasteiger partial charge in [-0.1, -0.05) is 11.6 Å². The fraction of sp³-hybridized carbons (Fsp3) is 0. The Morgan fingerprint density at radius 3 is 2.69 bits per heavy atom. The van der Waals surface area contributed by atoms with Gasteiger partial charge in [-0.25, -0.2) is 4.39 Å². The lowest BCUT2D eigenvalue weighted by molar-refractivity contribution is 0.580. The molecule has 1 aromatic carbocycles. The van der Waals surface area contributed by atoms with Crippen LogP contribution >= 0.6 is 11.6 Å². The van der Waals surface area contributed by atoms with Crippen LogP contribution in [0.5, 0.6) is 0 Å². The molecular formula is C10H6ClFO. The molecule has 0 spiro atoms. The maximum atomic E-state index is 12.9. The Bertz CT molecular complexity index is 389. The monoisotopic (exact) mass is 196 g/mol. The third-order valence-electron chi connectivity index (χ3n) is 1.67. The maximum Gasteiger partial charge on any atom is 0.134 e. The largest absolute Gasteiger partial charge is 0.464 e. The van der Waals surface area contributed by atoms with Gasteiger partial charge in [0.1, 0.15) is 11.6 Å². The van der Waals surface area contributed by atoms with Crippen LogP contribution in [-0.2, 0) is 0 Å². The molecule has 0 aliphatic carbocycles. The molecule has 13 heavy (non-hydrogen) atoms. The standard InChI is InChI=1S/C10H6ClFO/c11-8-4-7(5-9(12)6-8)10-2-1-3-13-10/h1-6H. The van der Waals surface area contributed by atoms with Gasteiger partial charge < -0.3 is 4.42 Å². The highest BCUT2D eigenvalue weighted by atomic mass is 35.5. The van der Waals surface area contributed by atoms with E-state index >= 15 is 0 Å². The molecule has 1 nitrogen and oxygen atoms in total. The van der Waals surface area contributed by atoms with Gasteiger partial charge in [-0.3, -0.25) is 0 Å². The molecule has 0 atom stereocenters. The minimum atomic E-state index is -0.362. The first kappa shape index (κ1) is 8.32. The van der Waals surface area contributed by atoms with E-state index in [9.17, 15) is 4.39 Å². The van der Waals surface area contributed by atoms with Crippen LogP contribution in [0.4, 0.5) is 4.39 Å². The fourth-order valence-corrected chi connectivity index (χ4v) is 1.36. The van der Waals surface area contributed by atoms with E-state index in [0.29, 0.717) is 16.3 Å². The molecule has 3 heteroatoms. The number of rotatable bonds is 1. The van der Waals surface area contributed by atoms with E-state index in [1.54, 1.807) is 18.2 Å². The Hall–Kier alpha value is -1.28. The van der Waals surface area contributed by atoms with Crippen LogP contribution in [-0.4, -0.2) is 0 Å². The molecule has 2 aromatic rings. The van der Waals surface area contributed by atoms with Crippen molar-refractivity contribution in [2.75, 3.05) is 0 Å². The van der Waals surface area contributed by atoms with E-state index in [0.717, 1.165) is 0 Å². The predicted octanol–water partition coefficient (Wildman–Crippen LogP) is 3.74. The van der Waals surface area contributed by atoms with Gasteiger partial charge in [-0.2, -0.15) is 0 Å². The van der Waals surface area contributed by atoms with Gasteiger partial charge in [0.05, 0.1) is 6.26 Å². The van der Waals surface area contributed by atoms with Crippen LogP contribution in [0.2, 0.25) is 5.02 Å². The van der Waals surface area contributed by atoms with Crippen molar-refractivity contribution in [3.63, 3.8) is 0 Å². The average Bonchev–Trinajstić information content (AvgIpc) is 2.53. The van der Waals surface area contributed by atoms with Gasteiger partial charge in [-0.05, 0) is 30.3 Å². The van der Waals surface area contributed by atoms with E-state index in [2.05, 4.69) is 0 Å². The molecule has 0 amide bonds. The normalized spacial score (nSPS) is 10.3. The molecule has 1 aromatic heterocycles. The molecule has 0 radical (unpaired) electrons. The molecule has 66 valence electrons. The SMILES string of the molecule is Fc1cc(Cl)cc(-c2ccco2)c1. The number of halogens is 2. The summed E-state index contributed by atoms with van der Waals surface area (Å²) in [5.41, 5.74) is 0.648. The third-order valence-corrected chi connectivity index (χ3v) is 1.89. The van der Waals surface area contributed by atoms with Crippen molar-refractivity contribution in [3.8, 4) is 11.3 Å². The van der Waals surface area contributed by atoms with E-state index in [4.69, 9.17) is 16.0 Å². The van der Waals surface area contributed by atoms with Gasteiger partial charge in [-0.15, -0.1) is 0 Å². The summed E-state index contributed by atoms with van der Waals surface area (Å²) in [5, 5.41) is 0.367. The molecular weight excluding hydrogens is 191 g/mol. The average molecular weight is 197 g/mol. The van der Waals surface area contributed by atoms with Crippen LogP contribution in [0.15, 0.2) is 41.0 Å². The first-order valence-electron chi connectivity index (χ1n) is 3.76. The Labute approximate surface area is 79.8 Å². The molecule has 0 unspecified atom stereocenters. The van der Waals surface area contributed by atoms with Crippen molar-refractivity contribution >= 4 is 11.6 Å². The lowest BCUT2D eigenvalue weighted by Crippen LogP contribution is -1.78. The second-order valence-corrected chi connectivity index (χ2v) is 3.07. The van der Waals surface area contributed by atoms with Crippen LogP contribution in [0, 0.1) is 5.82 Å². The molecule has 0 aliphatic rings. The van der Waals surface area contributed by atoms with Gasteiger partial charge in [0.25, 0.3) is 0 Å². The van der Waals surface area contributed by atoms with Crippen molar-refractivity contribution in [1.29, 1.82) is 0 Å². The highest BCUT2D eigenvalue weighted by molar-refractivity contribution is 6.30. The number of hydrogen-bond donors (Lipinski definition) is 0. The van der Waals surface area contributed by atoms with Crippen molar-refractivity contribution in [2.45, 2.75) is 0 Å². The van der Waals surface area contributed by atoms with Gasteiger partial charge >= 0.3 is 0 Å². The lowest BCUT2D eigenvalue weighted by Gasteiger charge is -1.97. The lowest BCUT2D eigenvalue weighted by atomic mass is 10.2. The summed E-state index contributed by atoms with van der Waals surface area (Å²) in [6.45, 7) is 0. The van der Waals surface area contributed by atoms with Crippen molar-refractivity contribution in [1.82, 2.24) is 0 Å². The zero-order valence-electron chi connectivity index (χ0n) is 6.63. The van der Waals surface area contributed by atoms with Crippen molar-refractivity contribution in [2.24, 2.45) is 0 Å². The molecule has 0 fully saturated rings. The van der Waals surface area contributed by atoms with Gasteiger partial charge in [0.15, 0.2) is 0 Å². The summed E-state index contributed by atoms with van der Waals surface area (Å²) >= 11 is 5.69. The molecule has 0 N–H and O–H groups in total. The molecule has 0 bridgehead atoms. The zero-order chi connectivity index (χ0) is 9.26. The highest BCUT2D eigenvalue weighted by Crippen LogP contribution is 2.24. The second kappa shape index (κ2) is 3.23. The minimum Gasteiger partial charge on any atom is -0.464 e. The molecule has 1 heterocycles. The summed E-state index contributed by atoms with van der Waals surface area (Å²) in [6, 6.07) is 7.79. The van der Waals surface area contributed by atoms with E-state index in [-0.39, 0.29) is 5.82 Å². The van der Waals surface area contributed by atoms with Crippen molar-refractivity contribution < 1.29 is 8.81 Å². The first-order chi connectivity index (χ1) is 6.25. The number of hydrogen-bond acceptors (Lipinski definition) is 1. The fourth-order valence-electron chi connectivity index (χ4n) is 1.14. The summed E-state index contributed by atoms with van der Waals surface area (Å²) in [7, 11) is 0. The van der Waals surface area contributed by atoms with E-state index < -0.39 is 0 Å². The zero-order valence-corrected chi connectivity index (χ0v) is 7.38. The van der Waals surface area contributed by atoms with Gasteiger partial charge in [0.2, 0.25) is 0 Å². The molecule has 0 saturated carbocycles. The Kier molecular flexibility index (Phi) is 2.07. The molecule has 0 aliphatic heterocycles. The Morgan fingerprint density at radius 2 is 2.08 bits per heavy atom. The summed E-state index contributed by atoms with van der Waals surface area (Å²) < 4.78 is 18.0. The van der Waals surface area contributed by atoms with Crippen LogP contribution in [0.3, 0.4) is 0 Å². The van der Waals surface area contributed by atoms with Gasteiger partial charge in [0, 0.05) is 10.6 Å².